The van der Waals surface area contributed by atoms with Gasteiger partial charge < -0.3 is 19.7 Å². The van der Waals surface area contributed by atoms with Crippen molar-refractivity contribution in [2.75, 3.05) is 0 Å². The Morgan fingerprint density at radius 2 is 2.03 bits per heavy atom. The number of benzene rings is 1. The minimum absolute atomic E-state index is 0.173. The summed E-state index contributed by atoms with van der Waals surface area (Å²) in [5.41, 5.74) is 0.330. The third-order valence-electron chi connectivity index (χ3n) is 8.11. The normalized spacial score (nSPS) is 34.9. The Morgan fingerprint density at radius 3 is 2.74 bits per heavy atom. The summed E-state index contributed by atoms with van der Waals surface area (Å²) in [7, 11) is 0. The van der Waals surface area contributed by atoms with E-state index in [-0.39, 0.29) is 30.6 Å². The van der Waals surface area contributed by atoms with E-state index in [2.05, 4.69) is 11.6 Å². The Morgan fingerprint density at radius 1 is 1.29 bits per heavy atom. The van der Waals surface area contributed by atoms with Gasteiger partial charge in [-0.2, -0.15) is 0 Å². The first kappa shape index (κ1) is 29.2. The van der Waals surface area contributed by atoms with Crippen molar-refractivity contribution in [1.29, 1.82) is 0 Å². The summed E-state index contributed by atoms with van der Waals surface area (Å²) in [4.78, 5) is 31.3. The zero-order valence-corrected chi connectivity index (χ0v) is 24.1. The third-order valence-corrected chi connectivity index (χ3v) is 9.59. The number of carbonyl (C=O) groups is 2. The summed E-state index contributed by atoms with van der Waals surface area (Å²) >= 11 is 8.36. The molecule has 7 atom stereocenters. The van der Waals surface area contributed by atoms with E-state index >= 15 is 0 Å². The average molecular weight is 564 g/mol. The van der Waals surface area contributed by atoms with E-state index in [1.807, 2.05) is 32.0 Å². The lowest BCUT2D eigenvalue weighted by molar-refractivity contribution is -0.156. The molecule has 0 saturated carbocycles. The molecule has 2 saturated heterocycles. The minimum Gasteiger partial charge on any atom is -0.457 e. The molecule has 208 valence electrons. The summed E-state index contributed by atoms with van der Waals surface area (Å²) in [5, 5.41) is 22.2. The highest BCUT2D eigenvalue weighted by Gasteiger charge is 2.55. The number of epoxide rings is 1. The maximum absolute atomic E-state index is 13.6. The fraction of sp³-hybridized carbons (Fsp3) is 0.621. The number of halogens is 1. The van der Waals surface area contributed by atoms with Crippen molar-refractivity contribution in [3.05, 3.63) is 41.4 Å². The highest BCUT2D eigenvalue weighted by molar-refractivity contribution is 7.18. The van der Waals surface area contributed by atoms with Crippen LogP contribution < -0.4 is 0 Å². The van der Waals surface area contributed by atoms with Gasteiger partial charge in [0, 0.05) is 12.3 Å². The van der Waals surface area contributed by atoms with Crippen LogP contribution in [0.5, 0.6) is 0 Å². The first-order valence-corrected chi connectivity index (χ1v) is 14.5. The van der Waals surface area contributed by atoms with E-state index in [4.69, 9.17) is 21.1 Å². The number of hydrogen-bond acceptors (Lipinski definition) is 8. The number of hydrogen-bond donors (Lipinski definition) is 2. The van der Waals surface area contributed by atoms with Crippen LogP contribution in [0.15, 0.2) is 30.9 Å². The van der Waals surface area contributed by atoms with Gasteiger partial charge in [-0.3, -0.25) is 9.59 Å². The smallest absolute Gasteiger partial charge is 0.309 e. The molecule has 2 fully saturated rings. The lowest BCUT2D eigenvalue weighted by Gasteiger charge is -2.35. The number of alkyl halides is 1. The van der Waals surface area contributed by atoms with E-state index in [9.17, 15) is 19.8 Å². The number of cyclic esters (lactones) is 1. The summed E-state index contributed by atoms with van der Waals surface area (Å²) in [5.74, 6) is -1.84. The molecule has 2 aliphatic heterocycles. The van der Waals surface area contributed by atoms with Gasteiger partial charge in [-0.25, -0.2) is 4.98 Å². The summed E-state index contributed by atoms with van der Waals surface area (Å²) in [6.07, 6.45) is 0.659. The number of thiazole rings is 1. The number of aromatic nitrogens is 1. The largest absolute Gasteiger partial charge is 0.457 e. The van der Waals surface area contributed by atoms with Crippen molar-refractivity contribution in [2.45, 2.75) is 95.7 Å². The second kappa shape index (κ2) is 11.3. The van der Waals surface area contributed by atoms with E-state index in [1.54, 1.807) is 31.3 Å². The number of carbonyl (C=O) groups excluding carboxylic acids is 2. The SMILES string of the molecule is C=CC[C@H]1C(=O)C(C)(C)[C@@H](O)CC(=O)O[C@H](c2ccc3sc(C)nc3c2)C[C@@H]2O[C@]2(Cl)CCC[C@H](C)[C@@H]1O. The van der Waals surface area contributed by atoms with E-state index in [0.717, 1.165) is 20.8 Å². The van der Waals surface area contributed by atoms with Crippen molar-refractivity contribution in [2.24, 2.45) is 17.3 Å². The molecule has 0 spiro atoms. The quantitative estimate of drug-likeness (QED) is 0.215. The Kier molecular flexibility index (Phi) is 8.70. The summed E-state index contributed by atoms with van der Waals surface area (Å²) in [6.45, 7) is 10.8. The fourth-order valence-electron chi connectivity index (χ4n) is 5.43. The lowest BCUT2D eigenvalue weighted by atomic mass is 9.71. The number of Topliss-reactive ketones (excluding diaryl/α,β-unsaturated/α-hetero) is 1. The van der Waals surface area contributed by atoms with Crippen LogP contribution in [0.25, 0.3) is 10.2 Å². The highest BCUT2D eigenvalue weighted by Crippen LogP contribution is 2.50. The van der Waals surface area contributed by atoms with Crippen molar-refractivity contribution >= 4 is 44.9 Å². The van der Waals surface area contributed by atoms with Gasteiger partial charge in [0.25, 0.3) is 0 Å². The van der Waals surface area contributed by atoms with Crippen LogP contribution in [0.4, 0.5) is 0 Å². The fourth-order valence-corrected chi connectivity index (χ4v) is 6.57. The van der Waals surface area contributed by atoms with Gasteiger partial charge in [0.1, 0.15) is 18.0 Å². The van der Waals surface area contributed by atoms with Gasteiger partial charge >= 0.3 is 5.97 Å². The Balaban J connectivity index is 1.63. The van der Waals surface area contributed by atoms with Crippen LogP contribution in [0.2, 0.25) is 0 Å². The number of allylic oxidation sites excluding steroid dienone is 1. The Hall–Kier alpha value is -1.84. The third kappa shape index (κ3) is 6.15. The van der Waals surface area contributed by atoms with E-state index in [0.29, 0.717) is 25.7 Å². The molecule has 38 heavy (non-hydrogen) atoms. The summed E-state index contributed by atoms with van der Waals surface area (Å²) in [6, 6.07) is 5.80. The topological polar surface area (TPSA) is 109 Å². The first-order chi connectivity index (χ1) is 17.9. The number of esters is 1. The Labute approximate surface area is 233 Å². The van der Waals surface area contributed by atoms with Crippen LogP contribution in [-0.4, -0.2) is 50.3 Å². The van der Waals surface area contributed by atoms with E-state index in [1.165, 1.54) is 0 Å². The zero-order valence-electron chi connectivity index (χ0n) is 22.5. The number of fused-ring (bicyclic) bond motifs is 2. The molecule has 2 aliphatic rings. The van der Waals surface area contributed by atoms with Crippen molar-refractivity contribution in [3.63, 3.8) is 0 Å². The number of aliphatic hydroxyl groups is 2. The molecule has 0 aliphatic carbocycles. The maximum atomic E-state index is 13.6. The first-order valence-electron chi connectivity index (χ1n) is 13.3. The predicted molar refractivity (Wildman–Crippen MR) is 148 cm³/mol. The number of aliphatic hydroxyl groups excluding tert-OH is 2. The van der Waals surface area contributed by atoms with Gasteiger partial charge in [0.2, 0.25) is 0 Å². The van der Waals surface area contributed by atoms with Crippen LogP contribution in [0, 0.1) is 24.2 Å². The average Bonchev–Trinajstić information content (AvgIpc) is 3.32. The number of ketones is 1. The number of ether oxygens (including phenoxy) is 2. The molecule has 9 heteroatoms. The maximum Gasteiger partial charge on any atom is 0.309 e. The Bertz CT molecular complexity index is 1200. The van der Waals surface area contributed by atoms with Gasteiger partial charge in [0.05, 0.1) is 39.3 Å². The molecule has 4 rings (SSSR count). The summed E-state index contributed by atoms with van der Waals surface area (Å²) < 4.78 is 12.8. The van der Waals surface area contributed by atoms with Gasteiger partial charge in [-0.15, -0.1) is 17.9 Å². The standard InChI is InChI=1S/C29H38ClNO6S/c1-6-8-19-26(34)16(2)9-7-12-29(30)24(37-29)14-21(18-10-11-22-20(13-18)31-17(3)38-22)36-25(33)15-23(32)28(4,5)27(19)35/h6,10-11,13,16,19,21,23-24,26,32,34H,1,7-9,12,14-15H2,2-5H3/t16-,19+,21-,23-,24-,26-,29+/m0/s1. The number of rotatable bonds is 3. The predicted octanol–water partition coefficient (Wildman–Crippen LogP) is 5.63. The molecule has 0 unspecified atom stereocenters. The molecule has 0 amide bonds. The zero-order chi connectivity index (χ0) is 27.8. The van der Waals surface area contributed by atoms with Gasteiger partial charge in [-0.1, -0.05) is 44.5 Å². The van der Waals surface area contributed by atoms with Crippen LogP contribution >= 0.6 is 22.9 Å². The monoisotopic (exact) mass is 563 g/mol. The minimum atomic E-state index is -1.29. The van der Waals surface area contributed by atoms with Crippen molar-refractivity contribution < 1.29 is 29.3 Å². The lowest BCUT2D eigenvalue weighted by Crippen LogP contribution is -2.46. The molecule has 7 nitrogen and oxygen atoms in total. The molecular formula is C29H38ClNO6S. The van der Waals surface area contributed by atoms with Gasteiger partial charge in [-0.05, 0) is 56.2 Å². The molecule has 3 heterocycles. The van der Waals surface area contributed by atoms with E-state index < -0.39 is 40.7 Å². The molecule has 2 N–H and O–H groups in total. The van der Waals surface area contributed by atoms with Crippen molar-refractivity contribution in [1.82, 2.24) is 4.98 Å². The molecule has 1 aromatic heterocycles. The highest BCUT2D eigenvalue weighted by atomic mass is 35.5. The van der Waals surface area contributed by atoms with Gasteiger partial charge in [0.15, 0.2) is 5.06 Å². The molecule has 2 aromatic rings. The van der Waals surface area contributed by atoms with Crippen LogP contribution in [0.1, 0.15) is 76.0 Å². The van der Waals surface area contributed by atoms with Crippen LogP contribution in [-0.2, 0) is 19.1 Å². The second-order valence-electron chi connectivity index (χ2n) is 11.4. The second-order valence-corrected chi connectivity index (χ2v) is 13.2. The molecule has 0 bridgehead atoms. The molecular weight excluding hydrogens is 526 g/mol. The van der Waals surface area contributed by atoms with Crippen LogP contribution in [0.3, 0.4) is 0 Å². The molecule has 0 radical (unpaired) electrons. The molecule has 1 aromatic carbocycles. The number of aryl methyl sites for hydroxylation is 1. The number of nitrogens with zero attached hydrogens (tertiary/aromatic N) is 1. The van der Waals surface area contributed by atoms with Crippen molar-refractivity contribution in [3.8, 4) is 0 Å².